The molecule has 2 amide bonds. The van der Waals surface area contributed by atoms with Crippen LogP contribution in [0.2, 0.25) is 0 Å². The summed E-state index contributed by atoms with van der Waals surface area (Å²) in [5, 5.41) is 5.29. The lowest BCUT2D eigenvalue weighted by Crippen LogP contribution is -2.19. The molecule has 4 aromatic rings. The summed E-state index contributed by atoms with van der Waals surface area (Å²) in [5.41, 5.74) is 2.93. The fourth-order valence-corrected chi connectivity index (χ4v) is 4.83. The third kappa shape index (κ3) is 7.49. The van der Waals surface area contributed by atoms with Crippen LogP contribution in [0.15, 0.2) is 108 Å². The first-order valence-corrected chi connectivity index (χ1v) is 13.2. The number of methoxy groups -OCH3 is 1. The Kier molecular flexibility index (Phi) is 9.37. The largest absolute Gasteiger partial charge is 0.497 e. The number of hydrogen-bond acceptors (Lipinski definition) is 6. The maximum Gasteiger partial charge on any atom is 0.338 e. The van der Waals surface area contributed by atoms with E-state index in [-0.39, 0.29) is 11.8 Å². The molecule has 0 fully saturated rings. The molecule has 0 bridgehead atoms. The van der Waals surface area contributed by atoms with Crippen LogP contribution >= 0.6 is 11.8 Å². The van der Waals surface area contributed by atoms with Crippen LogP contribution in [0.5, 0.6) is 5.75 Å². The van der Waals surface area contributed by atoms with Gasteiger partial charge in [-0.3, -0.25) is 9.59 Å². The average Bonchev–Trinajstić information content (AvgIpc) is 2.97. The second-order valence-corrected chi connectivity index (χ2v) is 9.58. The predicted octanol–water partition coefficient (Wildman–Crippen LogP) is 6.60. The highest BCUT2D eigenvalue weighted by Crippen LogP contribution is 2.37. The van der Waals surface area contributed by atoms with Gasteiger partial charge in [0.1, 0.15) is 11.0 Å². The van der Waals surface area contributed by atoms with E-state index in [1.165, 1.54) is 11.8 Å². The van der Waals surface area contributed by atoms with E-state index >= 15 is 0 Å². The first kappa shape index (κ1) is 27.5. The number of rotatable bonds is 10. The number of benzene rings is 4. The van der Waals surface area contributed by atoms with Gasteiger partial charge in [-0.05, 0) is 79.2 Å². The number of hydrogen-bond donors (Lipinski definition) is 2. The summed E-state index contributed by atoms with van der Waals surface area (Å²) in [5.74, 6) is -0.205. The Labute approximate surface area is 231 Å². The first-order valence-electron chi connectivity index (χ1n) is 12.3. The van der Waals surface area contributed by atoms with E-state index in [1.807, 2.05) is 48.5 Å². The molecule has 0 spiro atoms. The Hall–Kier alpha value is -4.56. The molecule has 0 saturated heterocycles. The molecule has 4 aromatic carbocycles. The standard InChI is InChI=1S/C31H28N2O5S/c1-3-38-31(36)23-12-16-24(17-13-23)32-30(35)28(21-8-5-4-6-9-21)39-27-11-7-10-25(20-27)33-29(34)22-14-18-26(37-2)19-15-22/h4-20,28H,3H2,1-2H3,(H,32,35)(H,33,34). The maximum absolute atomic E-state index is 13.4. The van der Waals surface area contributed by atoms with Crippen LogP contribution in [-0.2, 0) is 9.53 Å². The molecule has 4 rings (SSSR count). The minimum Gasteiger partial charge on any atom is -0.497 e. The number of amides is 2. The van der Waals surface area contributed by atoms with Crippen molar-refractivity contribution in [1.82, 2.24) is 0 Å². The molecule has 2 N–H and O–H groups in total. The van der Waals surface area contributed by atoms with Crippen molar-refractivity contribution in [3.05, 3.63) is 120 Å². The molecular formula is C31H28N2O5S. The highest BCUT2D eigenvalue weighted by molar-refractivity contribution is 8.00. The number of carbonyl (C=O) groups is 3. The van der Waals surface area contributed by atoms with Crippen LogP contribution < -0.4 is 15.4 Å². The highest BCUT2D eigenvalue weighted by Gasteiger charge is 2.23. The Balaban J connectivity index is 1.49. The number of anilines is 2. The molecule has 0 aliphatic rings. The van der Waals surface area contributed by atoms with Crippen LogP contribution in [0.1, 0.15) is 38.5 Å². The van der Waals surface area contributed by atoms with Crippen LogP contribution in [-0.4, -0.2) is 31.5 Å². The monoisotopic (exact) mass is 540 g/mol. The number of nitrogens with one attached hydrogen (secondary N) is 2. The van der Waals surface area contributed by atoms with Crippen LogP contribution in [0, 0.1) is 0 Å². The third-order valence-electron chi connectivity index (χ3n) is 5.70. The second kappa shape index (κ2) is 13.3. The molecule has 1 unspecified atom stereocenters. The summed E-state index contributed by atoms with van der Waals surface area (Å²) >= 11 is 1.37. The molecule has 198 valence electrons. The molecule has 0 heterocycles. The van der Waals surface area contributed by atoms with Crippen molar-refractivity contribution in [3.63, 3.8) is 0 Å². The predicted molar refractivity (Wildman–Crippen MR) is 153 cm³/mol. The van der Waals surface area contributed by atoms with Gasteiger partial charge in [-0.1, -0.05) is 36.4 Å². The van der Waals surface area contributed by atoms with Gasteiger partial charge in [0.2, 0.25) is 5.91 Å². The summed E-state index contributed by atoms with van der Waals surface area (Å²) in [6, 6.07) is 30.3. The Morgan fingerprint density at radius 1 is 0.769 bits per heavy atom. The first-order chi connectivity index (χ1) is 19.0. The zero-order valence-corrected chi connectivity index (χ0v) is 22.4. The summed E-state index contributed by atoms with van der Waals surface area (Å²) < 4.78 is 10.2. The number of carbonyl (C=O) groups excluding carboxylic acids is 3. The summed E-state index contributed by atoms with van der Waals surface area (Å²) in [4.78, 5) is 38.9. The lowest BCUT2D eigenvalue weighted by molar-refractivity contribution is -0.115. The quantitative estimate of drug-likeness (QED) is 0.174. The summed E-state index contributed by atoms with van der Waals surface area (Å²) in [6.07, 6.45) is 0. The van der Waals surface area contributed by atoms with Gasteiger partial charge >= 0.3 is 5.97 Å². The fourth-order valence-electron chi connectivity index (χ4n) is 3.74. The Morgan fingerprint density at radius 2 is 1.46 bits per heavy atom. The lowest BCUT2D eigenvalue weighted by atomic mass is 10.1. The molecular weight excluding hydrogens is 512 g/mol. The van der Waals surface area contributed by atoms with E-state index in [4.69, 9.17) is 9.47 Å². The van der Waals surface area contributed by atoms with Gasteiger partial charge in [0.15, 0.2) is 0 Å². The minimum absolute atomic E-state index is 0.220. The molecule has 1 atom stereocenters. The van der Waals surface area contributed by atoms with E-state index < -0.39 is 11.2 Å². The third-order valence-corrected chi connectivity index (χ3v) is 6.95. The minimum atomic E-state index is -0.566. The van der Waals surface area contributed by atoms with Gasteiger partial charge in [-0.2, -0.15) is 0 Å². The van der Waals surface area contributed by atoms with E-state index in [1.54, 1.807) is 68.6 Å². The Bertz CT molecular complexity index is 1420. The molecule has 0 aliphatic heterocycles. The average molecular weight is 541 g/mol. The lowest BCUT2D eigenvalue weighted by Gasteiger charge is -2.18. The second-order valence-electron chi connectivity index (χ2n) is 8.41. The van der Waals surface area contributed by atoms with Crippen molar-refractivity contribution in [2.24, 2.45) is 0 Å². The zero-order valence-electron chi connectivity index (χ0n) is 21.5. The van der Waals surface area contributed by atoms with E-state index in [0.717, 1.165) is 10.5 Å². The van der Waals surface area contributed by atoms with E-state index in [0.29, 0.717) is 34.9 Å². The molecule has 0 radical (unpaired) electrons. The normalized spacial score (nSPS) is 11.2. The van der Waals surface area contributed by atoms with Gasteiger partial charge in [0, 0.05) is 21.8 Å². The van der Waals surface area contributed by atoms with Gasteiger partial charge in [0.05, 0.1) is 19.3 Å². The van der Waals surface area contributed by atoms with Gasteiger partial charge in [-0.15, -0.1) is 11.8 Å². The smallest absolute Gasteiger partial charge is 0.338 e. The van der Waals surface area contributed by atoms with Crippen LogP contribution in [0.4, 0.5) is 11.4 Å². The molecule has 39 heavy (non-hydrogen) atoms. The van der Waals surface area contributed by atoms with Crippen molar-refractivity contribution in [1.29, 1.82) is 0 Å². The van der Waals surface area contributed by atoms with Crippen molar-refractivity contribution < 1.29 is 23.9 Å². The topological polar surface area (TPSA) is 93.7 Å². The summed E-state index contributed by atoms with van der Waals surface area (Å²) in [7, 11) is 1.57. The number of thioether (sulfide) groups is 1. The molecule has 0 aliphatic carbocycles. The molecule has 0 saturated carbocycles. The van der Waals surface area contributed by atoms with Crippen molar-refractivity contribution in [3.8, 4) is 5.75 Å². The van der Waals surface area contributed by atoms with Gasteiger partial charge in [-0.25, -0.2) is 4.79 Å². The van der Waals surface area contributed by atoms with Crippen molar-refractivity contribution >= 4 is 40.9 Å². The van der Waals surface area contributed by atoms with E-state index in [9.17, 15) is 14.4 Å². The fraction of sp³-hybridized carbons (Fsp3) is 0.129. The van der Waals surface area contributed by atoms with Crippen molar-refractivity contribution in [2.75, 3.05) is 24.4 Å². The molecule has 7 nitrogen and oxygen atoms in total. The number of ether oxygens (including phenoxy) is 2. The molecule has 8 heteroatoms. The van der Waals surface area contributed by atoms with Crippen LogP contribution in [0.25, 0.3) is 0 Å². The number of esters is 1. The molecule has 0 aromatic heterocycles. The highest BCUT2D eigenvalue weighted by atomic mass is 32.2. The summed E-state index contributed by atoms with van der Waals surface area (Å²) in [6.45, 7) is 2.04. The Morgan fingerprint density at radius 3 is 2.13 bits per heavy atom. The van der Waals surface area contributed by atoms with Gasteiger partial charge in [0.25, 0.3) is 5.91 Å². The zero-order chi connectivity index (χ0) is 27.6. The van der Waals surface area contributed by atoms with Crippen molar-refractivity contribution in [2.45, 2.75) is 17.1 Å². The maximum atomic E-state index is 13.4. The van der Waals surface area contributed by atoms with E-state index in [2.05, 4.69) is 10.6 Å². The SMILES string of the molecule is CCOC(=O)c1ccc(NC(=O)C(Sc2cccc(NC(=O)c3ccc(OC)cc3)c2)c2ccccc2)cc1. The van der Waals surface area contributed by atoms with Crippen LogP contribution in [0.3, 0.4) is 0 Å². The van der Waals surface area contributed by atoms with Gasteiger partial charge < -0.3 is 20.1 Å².